The van der Waals surface area contributed by atoms with Crippen LogP contribution in [0.3, 0.4) is 0 Å². The summed E-state index contributed by atoms with van der Waals surface area (Å²) in [7, 11) is 0. The van der Waals surface area contributed by atoms with Crippen molar-refractivity contribution in [2.75, 3.05) is 0 Å². The van der Waals surface area contributed by atoms with E-state index in [1.165, 1.54) is 30.9 Å². The molecule has 0 saturated carbocycles. The van der Waals surface area contributed by atoms with Crippen LogP contribution in [0.1, 0.15) is 21.6 Å². The molecule has 3 rings (SSSR count). The highest BCUT2D eigenvalue weighted by Gasteiger charge is 2.04. The summed E-state index contributed by atoms with van der Waals surface area (Å²) in [4.78, 5) is 31.3. The molecule has 2 aromatic carbocycles. The third-order valence-electron chi connectivity index (χ3n) is 3.49. The zero-order valence-electron chi connectivity index (χ0n) is 14.7. The fourth-order valence-electron chi connectivity index (χ4n) is 2.14. The third-order valence-corrected chi connectivity index (χ3v) is 3.49. The van der Waals surface area contributed by atoms with Crippen molar-refractivity contribution < 1.29 is 14.3 Å². The van der Waals surface area contributed by atoms with Crippen molar-refractivity contribution >= 4 is 24.2 Å². The van der Waals surface area contributed by atoms with E-state index in [1.54, 1.807) is 30.3 Å². The summed E-state index contributed by atoms with van der Waals surface area (Å²) >= 11 is 0. The van der Waals surface area contributed by atoms with Gasteiger partial charge in [0.05, 0.1) is 12.4 Å². The molecule has 0 aliphatic carbocycles. The van der Waals surface area contributed by atoms with Crippen molar-refractivity contribution in [2.45, 2.75) is 0 Å². The van der Waals surface area contributed by atoms with E-state index >= 15 is 0 Å². The molecule has 0 bridgehead atoms. The number of benzene rings is 2. The molecular weight excluding hydrogens is 356 g/mol. The van der Waals surface area contributed by atoms with Crippen molar-refractivity contribution in [1.82, 2.24) is 15.4 Å². The van der Waals surface area contributed by atoms with Gasteiger partial charge in [-0.3, -0.25) is 9.78 Å². The van der Waals surface area contributed by atoms with Crippen LogP contribution in [0.2, 0.25) is 0 Å². The van der Waals surface area contributed by atoms with Crippen LogP contribution in [0.5, 0.6) is 5.75 Å². The Morgan fingerprint density at radius 1 is 0.964 bits per heavy atom. The molecule has 1 aromatic heterocycles. The quantitative estimate of drug-likeness (QED) is 0.236. The molecule has 0 fully saturated rings. The Morgan fingerprint density at radius 3 is 2.46 bits per heavy atom. The van der Waals surface area contributed by atoms with Gasteiger partial charge in [0, 0.05) is 18.5 Å². The number of nitrogens with zero attached hydrogens (tertiary/aromatic N) is 3. The average molecular weight is 372 g/mol. The summed E-state index contributed by atoms with van der Waals surface area (Å²) in [5.74, 6) is -0.523. The van der Waals surface area contributed by atoms with Crippen LogP contribution in [0.4, 0.5) is 0 Å². The fraction of sp³-hybridized carbons (Fsp3) is 0. The highest BCUT2D eigenvalue weighted by molar-refractivity contribution is 5.92. The highest BCUT2D eigenvalue weighted by atomic mass is 16.5. The van der Waals surface area contributed by atoms with E-state index < -0.39 is 11.9 Å². The van der Waals surface area contributed by atoms with Crippen LogP contribution in [0.25, 0.3) is 6.08 Å². The molecule has 0 aliphatic heterocycles. The molecule has 28 heavy (non-hydrogen) atoms. The standard InChI is InChI=1S/C21H16N4O3/c26-20(11-8-16-4-2-1-3-5-16)28-18-9-6-17(7-10-18)14-24-25-21(27)19-15-22-12-13-23-19/h1-15H,(H,25,27)/b11-8+,24-14-. The number of amides is 1. The van der Waals surface area contributed by atoms with Crippen molar-refractivity contribution in [3.63, 3.8) is 0 Å². The molecule has 1 heterocycles. The topological polar surface area (TPSA) is 93.5 Å². The number of rotatable bonds is 6. The maximum Gasteiger partial charge on any atom is 0.336 e. The van der Waals surface area contributed by atoms with E-state index in [9.17, 15) is 9.59 Å². The minimum absolute atomic E-state index is 0.172. The summed E-state index contributed by atoms with van der Waals surface area (Å²) in [6.07, 6.45) is 8.77. The molecular formula is C21H16N4O3. The van der Waals surface area contributed by atoms with Gasteiger partial charge in [-0.2, -0.15) is 5.10 Å². The van der Waals surface area contributed by atoms with Crippen LogP contribution in [0, 0.1) is 0 Å². The Hall–Kier alpha value is -4.13. The van der Waals surface area contributed by atoms with Gasteiger partial charge in [-0.05, 0) is 41.5 Å². The fourth-order valence-corrected chi connectivity index (χ4v) is 2.14. The van der Waals surface area contributed by atoms with Gasteiger partial charge in [0.15, 0.2) is 0 Å². The Balaban J connectivity index is 1.51. The third kappa shape index (κ3) is 5.70. The molecule has 7 heteroatoms. The van der Waals surface area contributed by atoms with Gasteiger partial charge >= 0.3 is 5.97 Å². The van der Waals surface area contributed by atoms with Crippen molar-refractivity contribution in [1.29, 1.82) is 0 Å². The number of carbonyl (C=O) groups excluding carboxylic acids is 2. The van der Waals surface area contributed by atoms with Gasteiger partial charge in [-0.1, -0.05) is 30.3 Å². The second-order valence-corrected chi connectivity index (χ2v) is 5.52. The second-order valence-electron chi connectivity index (χ2n) is 5.52. The van der Waals surface area contributed by atoms with Gasteiger partial charge in [0.2, 0.25) is 0 Å². The van der Waals surface area contributed by atoms with E-state index in [0.29, 0.717) is 5.75 Å². The van der Waals surface area contributed by atoms with Gasteiger partial charge in [0.25, 0.3) is 5.91 Å². The van der Waals surface area contributed by atoms with Gasteiger partial charge in [0.1, 0.15) is 11.4 Å². The molecule has 3 aromatic rings. The summed E-state index contributed by atoms with van der Waals surface area (Å²) in [5, 5.41) is 3.86. The van der Waals surface area contributed by atoms with Crippen LogP contribution in [0.15, 0.2) is 84.4 Å². The lowest BCUT2D eigenvalue weighted by atomic mass is 10.2. The van der Waals surface area contributed by atoms with E-state index in [2.05, 4.69) is 20.5 Å². The van der Waals surface area contributed by atoms with E-state index in [0.717, 1.165) is 11.1 Å². The van der Waals surface area contributed by atoms with Crippen LogP contribution in [-0.2, 0) is 4.79 Å². The molecule has 0 aliphatic rings. The molecule has 0 radical (unpaired) electrons. The number of carbonyl (C=O) groups is 2. The van der Waals surface area contributed by atoms with Crippen LogP contribution >= 0.6 is 0 Å². The SMILES string of the molecule is O=C(/C=C/c1ccccc1)Oc1ccc(/C=N\NC(=O)c2cnccn2)cc1. The first kappa shape index (κ1) is 18.7. The molecule has 0 spiro atoms. The monoisotopic (exact) mass is 372 g/mol. The second kappa shape index (κ2) is 9.54. The number of hydrazone groups is 1. The van der Waals surface area contributed by atoms with Gasteiger partial charge in [-0.15, -0.1) is 0 Å². The summed E-state index contributed by atoms with van der Waals surface area (Å²) < 4.78 is 5.24. The number of nitrogens with one attached hydrogen (secondary N) is 1. The minimum Gasteiger partial charge on any atom is -0.423 e. The first-order chi connectivity index (χ1) is 13.7. The Bertz CT molecular complexity index is 985. The summed E-state index contributed by atoms with van der Waals surface area (Å²) in [5.41, 5.74) is 4.16. The van der Waals surface area contributed by atoms with Gasteiger partial charge < -0.3 is 4.74 Å². The maximum atomic E-state index is 11.9. The van der Waals surface area contributed by atoms with E-state index in [1.807, 2.05) is 30.3 Å². The predicted octanol–water partition coefficient (Wildman–Crippen LogP) is 2.86. The smallest absolute Gasteiger partial charge is 0.336 e. The minimum atomic E-state index is -0.471. The van der Waals surface area contributed by atoms with Crippen LogP contribution < -0.4 is 10.2 Å². The number of aromatic nitrogens is 2. The first-order valence-electron chi connectivity index (χ1n) is 8.35. The van der Waals surface area contributed by atoms with Gasteiger partial charge in [-0.25, -0.2) is 15.2 Å². The maximum absolute atomic E-state index is 11.9. The molecule has 0 atom stereocenters. The normalized spacial score (nSPS) is 10.9. The lowest BCUT2D eigenvalue weighted by Gasteiger charge is -2.02. The number of ether oxygens (including phenoxy) is 1. The van der Waals surface area contributed by atoms with E-state index in [4.69, 9.17) is 4.74 Å². The highest BCUT2D eigenvalue weighted by Crippen LogP contribution is 2.12. The Labute approximate surface area is 161 Å². The zero-order chi connectivity index (χ0) is 19.6. The summed E-state index contributed by atoms with van der Waals surface area (Å²) in [6.45, 7) is 0. The molecule has 0 unspecified atom stereocenters. The zero-order valence-corrected chi connectivity index (χ0v) is 14.7. The number of hydrogen-bond donors (Lipinski definition) is 1. The largest absolute Gasteiger partial charge is 0.423 e. The van der Waals surface area contributed by atoms with Crippen molar-refractivity contribution in [3.05, 3.63) is 96.1 Å². The lowest BCUT2D eigenvalue weighted by Crippen LogP contribution is -2.19. The first-order valence-corrected chi connectivity index (χ1v) is 8.35. The summed E-state index contributed by atoms with van der Waals surface area (Å²) in [6, 6.07) is 16.2. The predicted molar refractivity (Wildman–Crippen MR) is 105 cm³/mol. The Morgan fingerprint density at radius 2 is 1.75 bits per heavy atom. The molecule has 1 N–H and O–H groups in total. The number of esters is 1. The average Bonchev–Trinajstić information content (AvgIpc) is 2.75. The number of hydrogen-bond acceptors (Lipinski definition) is 6. The van der Waals surface area contributed by atoms with Crippen molar-refractivity contribution in [3.8, 4) is 5.75 Å². The molecule has 1 amide bonds. The molecule has 7 nitrogen and oxygen atoms in total. The molecule has 138 valence electrons. The van der Waals surface area contributed by atoms with E-state index in [-0.39, 0.29) is 5.69 Å². The Kier molecular flexibility index (Phi) is 6.35. The van der Waals surface area contributed by atoms with Crippen LogP contribution in [-0.4, -0.2) is 28.1 Å². The lowest BCUT2D eigenvalue weighted by molar-refractivity contribution is -0.128. The van der Waals surface area contributed by atoms with Crippen molar-refractivity contribution in [2.24, 2.45) is 5.10 Å². The molecule has 0 saturated heterocycles.